The van der Waals surface area contributed by atoms with E-state index in [9.17, 15) is 9.59 Å². The van der Waals surface area contributed by atoms with Crippen molar-refractivity contribution >= 4 is 45.7 Å². The van der Waals surface area contributed by atoms with Gasteiger partial charge in [0.25, 0.3) is 0 Å². The number of amides is 2. The first kappa shape index (κ1) is 31.1. The normalized spacial score (nSPS) is 10.8. The zero-order valence-corrected chi connectivity index (χ0v) is 25.7. The lowest BCUT2D eigenvalue weighted by Gasteiger charge is -2.27. The molecule has 10 nitrogen and oxygen atoms in total. The van der Waals surface area contributed by atoms with Gasteiger partial charge in [-0.1, -0.05) is 44.5 Å². The minimum Gasteiger partial charge on any atom is -0.494 e. The van der Waals surface area contributed by atoms with E-state index in [4.69, 9.17) is 9.72 Å². The molecule has 2 aromatic heterocycles. The second-order valence-corrected chi connectivity index (χ2v) is 10.5. The third kappa shape index (κ3) is 7.51. The average Bonchev–Trinajstić information content (AvgIpc) is 3.36. The van der Waals surface area contributed by atoms with Crippen molar-refractivity contribution in [3.8, 4) is 17.0 Å². The molecule has 0 fully saturated rings. The van der Waals surface area contributed by atoms with Crippen molar-refractivity contribution < 1.29 is 14.3 Å². The summed E-state index contributed by atoms with van der Waals surface area (Å²) in [6, 6.07) is 13.7. The van der Waals surface area contributed by atoms with Crippen LogP contribution < -0.4 is 20.3 Å². The van der Waals surface area contributed by atoms with Gasteiger partial charge >= 0.3 is 0 Å². The molecule has 2 heterocycles. The summed E-state index contributed by atoms with van der Waals surface area (Å²) < 4.78 is 7.82. The lowest BCUT2D eigenvalue weighted by Crippen LogP contribution is -2.35. The van der Waals surface area contributed by atoms with Gasteiger partial charge < -0.3 is 29.7 Å². The molecule has 4 aromatic rings. The molecule has 2 amide bonds. The van der Waals surface area contributed by atoms with Gasteiger partial charge in [0.2, 0.25) is 17.8 Å². The first-order chi connectivity index (χ1) is 20.7. The molecule has 43 heavy (non-hydrogen) atoms. The molecule has 0 saturated carbocycles. The molecule has 0 saturated heterocycles. The van der Waals surface area contributed by atoms with Crippen molar-refractivity contribution in [1.29, 1.82) is 0 Å². The highest BCUT2D eigenvalue weighted by molar-refractivity contribution is 6.02. The van der Waals surface area contributed by atoms with Gasteiger partial charge in [-0.05, 0) is 30.7 Å². The summed E-state index contributed by atoms with van der Waals surface area (Å²) >= 11 is 0. The van der Waals surface area contributed by atoms with Gasteiger partial charge in [0, 0.05) is 75.6 Å². The van der Waals surface area contributed by atoms with Crippen LogP contribution in [-0.4, -0.2) is 65.5 Å². The van der Waals surface area contributed by atoms with Crippen LogP contribution in [0.25, 0.3) is 22.2 Å². The Morgan fingerprint density at radius 2 is 1.88 bits per heavy atom. The largest absolute Gasteiger partial charge is 0.494 e. The van der Waals surface area contributed by atoms with Crippen molar-refractivity contribution in [3.63, 3.8) is 0 Å². The predicted octanol–water partition coefficient (Wildman–Crippen LogP) is 5.99. The Hall–Kier alpha value is -4.86. The lowest BCUT2D eigenvalue weighted by molar-refractivity contribution is -0.129. The maximum atomic E-state index is 12.5. The lowest BCUT2D eigenvalue weighted by atomic mass is 10.1. The van der Waals surface area contributed by atoms with Crippen LogP contribution in [-0.2, 0) is 16.6 Å². The van der Waals surface area contributed by atoms with E-state index in [0.29, 0.717) is 42.6 Å². The van der Waals surface area contributed by atoms with Crippen LogP contribution in [0, 0.1) is 0 Å². The Bertz CT molecular complexity index is 1600. The fourth-order valence-electron chi connectivity index (χ4n) is 4.93. The van der Waals surface area contributed by atoms with Gasteiger partial charge in [-0.3, -0.25) is 9.59 Å². The SMILES string of the molecule is C=CC(=O)Nc1cc(Nc2nccc(-c3cn(C)c4ccccc34)n2)c(OC)cc1N(C)CCN(C)C(=O)CCCCC. The van der Waals surface area contributed by atoms with Crippen molar-refractivity contribution in [2.75, 3.05) is 49.8 Å². The van der Waals surface area contributed by atoms with Crippen LogP contribution >= 0.6 is 0 Å². The molecular formula is C33H41N7O3. The molecule has 0 bridgehead atoms. The van der Waals surface area contributed by atoms with Gasteiger partial charge in [-0.2, -0.15) is 0 Å². The van der Waals surface area contributed by atoms with Gasteiger partial charge in [0.05, 0.1) is 29.9 Å². The summed E-state index contributed by atoms with van der Waals surface area (Å²) in [7, 11) is 7.33. The Morgan fingerprint density at radius 1 is 1.09 bits per heavy atom. The van der Waals surface area contributed by atoms with E-state index >= 15 is 0 Å². The van der Waals surface area contributed by atoms with Crippen LogP contribution in [0.5, 0.6) is 5.75 Å². The molecule has 2 aromatic carbocycles. The Labute approximate surface area is 253 Å². The summed E-state index contributed by atoms with van der Waals surface area (Å²) in [6.07, 6.45) is 8.56. The number of hydrogen-bond acceptors (Lipinski definition) is 7. The molecule has 0 atom stereocenters. The first-order valence-corrected chi connectivity index (χ1v) is 14.5. The quantitative estimate of drug-likeness (QED) is 0.139. The number of para-hydroxylation sites is 1. The van der Waals surface area contributed by atoms with Gasteiger partial charge in [-0.15, -0.1) is 0 Å². The van der Waals surface area contributed by atoms with Gasteiger partial charge in [0.15, 0.2) is 0 Å². The van der Waals surface area contributed by atoms with E-state index in [1.54, 1.807) is 24.3 Å². The minimum atomic E-state index is -0.344. The zero-order valence-electron chi connectivity index (χ0n) is 25.7. The molecular weight excluding hydrogens is 542 g/mol. The third-order valence-electron chi connectivity index (χ3n) is 7.44. The number of nitrogens with zero attached hydrogens (tertiary/aromatic N) is 5. The fourth-order valence-corrected chi connectivity index (χ4v) is 4.93. The number of likely N-dealkylation sites (N-methyl/N-ethyl adjacent to an activating group) is 2. The van der Waals surface area contributed by atoms with Crippen LogP contribution in [0.1, 0.15) is 32.6 Å². The monoisotopic (exact) mass is 583 g/mol. The molecule has 10 heteroatoms. The number of methoxy groups -OCH3 is 1. The third-order valence-corrected chi connectivity index (χ3v) is 7.44. The fraction of sp³-hybridized carbons (Fsp3) is 0.333. The Morgan fingerprint density at radius 3 is 2.63 bits per heavy atom. The predicted molar refractivity (Wildman–Crippen MR) is 174 cm³/mol. The smallest absolute Gasteiger partial charge is 0.247 e. The average molecular weight is 584 g/mol. The number of unbranched alkanes of at least 4 members (excludes halogenated alkanes) is 2. The molecule has 0 spiro atoms. The highest BCUT2D eigenvalue weighted by Crippen LogP contribution is 2.38. The highest BCUT2D eigenvalue weighted by atomic mass is 16.5. The van der Waals surface area contributed by atoms with E-state index in [0.717, 1.165) is 47.1 Å². The summed E-state index contributed by atoms with van der Waals surface area (Å²) in [6.45, 7) is 6.81. The van der Waals surface area contributed by atoms with Crippen LogP contribution in [0.4, 0.5) is 23.0 Å². The number of benzene rings is 2. The van der Waals surface area contributed by atoms with E-state index < -0.39 is 0 Å². The number of aryl methyl sites for hydroxylation is 1. The number of aromatic nitrogens is 3. The Balaban J connectivity index is 1.60. The number of carbonyl (C=O) groups is 2. The second-order valence-electron chi connectivity index (χ2n) is 10.5. The van der Waals surface area contributed by atoms with Crippen molar-refractivity contribution in [2.45, 2.75) is 32.6 Å². The minimum absolute atomic E-state index is 0.130. The standard InChI is InChI=1S/C33H41N7O3/c1-7-9-10-15-32(42)39(4)19-18-38(3)29-21-30(43-6)27(20-26(29)35-31(41)8-2)37-33-34-17-16-25(36-33)24-22-40(5)28-14-12-11-13-23(24)28/h8,11-14,16-17,20-22H,2,7,9-10,15,18-19H2,1,3-6H3,(H,35,41)(H,34,36,37). The molecule has 0 radical (unpaired) electrons. The number of carbonyl (C=O) groups excluding carboxylic acids is 2. The number of fused-ring (bicyclic) bond motifs is 1. The van der Waals surface area contributed by atoms with Crippen LogP contribution in [0.15, 0.2) is 67.5 Å². The van der Waals surface area contributed by atoms with Crippen molar-refractivity contribution in [2.24, 2.45) is 7.05 Å². The molecule has 0 aliphatic carbocycles. The highest BCUT2D eigenvalue weighted by Gasteiger charge is 2.18. The second kappa shape index (κ2) is 14.4. The molecule has 4 rings (SSSR count). The molecule has 0 aliphatic rings. The number of ether oxygens (including phenoxy) is 1. The maximum absolute atomic E-state index is 12.5. The number of anilines is 4. The van der Waals surface area contributed by atoms with E-state index in [1.165, 1.54) is 6.08 Å². The number of nitrogens with one attached hydrogen (secondary N) is 2. The molecule has 226 valence electrons. The molecule has 2 N–H and O–H groups in total. The van der Waals surface area contributed by atoms with E-state index in [1.807, 2.05) is 50.3 Å². The van der Waals surface area contributed by atoms with Gasteiger partial charge in [0.1, 0.15) is 5.75 Å². The van der Waals surface area contributed by atoms with E-state index in [2.05, 4.69) is 52.0 Å². The number of rotatable bonds is 14. The van der Waals surface area contributed by atoms with Crippen molar-refractivity contribution in [3.05, 3.63) is 67.5 Å². The first-order valence-electron chi connectivity index (χ1n) is 14.5. The molecule has 0 aliphatic heterocycles. The van der Waals surface area contributed by atoms with E-state index in [-0.39, 0.29) is 11.8 Å². The van der Waals surface area contributed by atoms with Gasteiger partial charge in [-0.25, -0.2) is 9.97 Å². The van der Waals surface area contributed by atoms with Crippen LogP contribution in [0.3, 0.4) is 0 Å². The Kier molecular flexibility index (Phi) is 10.4. The summed E-state index contributed by atoms with van der Waals surface area (Å²) in [5, 5.41) is 7.28. The summed E-state index contributed by atoms with van der Waals surface area (Å²) in [5.41, 5.74) is 4.75. The summed E-state index contributed by atoms with van der Waals surface area (Å²) in [4.78, 5) is 37.9. The summed E-state index contributed by atoms with van der Waals surface area (Å²) in [5.74, 6) is 0.712. The number of hydrogen-bond donors (Lipinski definition) is 2. The zero-order chi connectivity index (χ0) is 30.9. The topological polar surface area (TPSA) is 105 Å². The maximum Gasteiger partial charge on any atom is 0.247 e. The molecule has 0 unspecified atom stereocenters. The van der Waals surface area contributed by atoms with Crippen molar-refractivity contribution in [1.82, 2.24) is 19.4 Å². The van der Waals surface area contributed by atoms with Crippen LogP contribution in [0.2, 0.25) is 0 Å².